The Morgan fingerprint density at radius 1 is 1.24 bits per heavy atom. The van der Waals surface area contributed by atoms with E-state index in [-0.39, 0.29) is 23.7 Å². The van der Waals surface area contributed by atoms with Crippen LogP contribution in [0.4, 0.5) is 10.1 Å². The number of piperidine rings is 1. The number of amides is 2. The number of carbonyl (C=O) groups excluding carboxylic acids is 2. The fraction of sp³-hybridized carbons (Fsp3) is 0.556. The Morgan fingerprint density at radius 2 is 1.92 bits per heavy atom. The molecule has 2 fully saturated rings. The van der Waals surface area contributed by atoms with Crippen molar-refractivity contribution < 1.29 is 14.0 Å². The lowest BCUT2D eigenvalue weighted by molar-refractivity contribution is -0.132. The summed E-state index contributed by atoms with van der Waals surface area (Å²) in [6, 6.07) is 5.81. The second-order valence-electron chi connectivity index (χ2n) is 6.67. The maximum atomic E-state index is 13.0. The second-order valence-corrected chi connectivity index (χ2v) is 6.67. The number of piperazine rings is 1. The van der Waals surface area contributed by atoms with Crippen LogP contribution < -0.4 is 15.5 Å². The third-order valence-electron chi connectivity index (χ3n) is 5.03. The minimum Gasteiger partial charge on any atom is -0.369 e. The van der Waals surface area contributed by atoms with Gasteiger partial charge in [-0.1, -0.05) is 0 Å². The summed E-state index contributed by atoms with van der Waals surface area (Å²) in [6.07, 6.45) is 1.59. The average Bonchev–Trinajstić information content (AvgIpc) is 2.64. The van der Waals surface area contributed by atoms with Crippen molar-refractivity contribution in [2.75, 3.05) is 37.6 Å². The van der Waals surface area contributed by atoms with E-state index in [0.717, 1.165) is 38.3 Å². The van der Waals surface area contributed by atoms with Crippen LogP contribution in [0.15, 0.2) is 24.3 Å². The van der Waals surface area contributed by atoms with Gasteiger partial charge >= 0.3 is 0 Å². The Bertz CT molecular complexity index is 614. The lowest BCUT2D eigenvalue weighted by Gasteiger charge is -2.39. The Kier molecular flexibility index (Phi) is 5.53. The zero-order valence-corrected chi connectivity index (χ0v) is 14.5. The average molecular weight is 348 g/mol. The van der Waals surface area contributed by atoms with Crippen molar-refractivity contribution in [3.63, 3.8) is 0 Å². The molecular formula is C18H25FN4O2. The van der Waals surface area contributed by atoms with E-state index in [0.29, 0.717) is 13.0 Å². The number of benzene rings is 1. The van der Waals surface area contributed by atoms with Crippen molar-refractivity contribution in [2.45, 2.75) is 31.8 Å². The summed E-state index contributed by atoms with van der Waals surface area (Å²) in [5, 5.41) is 5.65. The molecule has 2 heterocycles. The van der Waals surface area contributed by atoms with Crippen molar-refractivity contribution >= 4 is 17.5 Å². The molecule has 2 aliphatic heterocycles. The molecule has 0 aliphatic carbocycles. The standard InChI is InChI=1S/C18H25FN4O2/c1-13(17(24)21-16-3-2-8-20-18(16)25)22-9-11-23(12-10-22)15-6-4-14(19)5-7-15/h4-7,13,16H,2-3,8-12H2,1H3,(H,20,25)(H,21,24)/t13-,16-/m0/s1. The number of hydrogen-bond donors (Lipinski definition) is 2. The monoisotopic (exact) mass is 348 g/mol. The van der Waals surface area contributed by atoms with E-state index in [2.05, 4.69) is 20.4 Å². The first-order chi connectivity index (χ1) is 12.0. The van der Waals surface area contributed by atoms with Crippen LogP contribution in [0.2, 0.25) is 0 Å². The van der Waals surface area contributed by atoms with E-state index in [1.54, 1.807) is 12.1 Å². The van der Waals surface area contributed by atoms with Crippen LogP contribution in [-0.4, -0.2) is 61.5 Å². The van der Waals surface area contributed by atoms with E-state index in [1.807, 2.05) is 6.92 Å². The number of rotatable bonds is 4. The minimum atomic E-state index is -0.413. The first-order valence-electron chi connectivity index (χ1n) is 8.87. The van der Waals surface area contributed by atoms with Gasteiger partial charge in [0.15, 0.2) is 0 Å². The van der Waals surface area contributed by atoms with Crippen LogP contribution in [0.5, 0.6) is 0 Å². The second kappa shape index (κ2) is 7.82. The van der Waals surface area contributed by atoms with Gasteiger partial charge < -0.3 is 15.5 Å². The maximum Gasteiger partial charge on any atom is 0.242 e. The molecule has 0 unspecified atom stereocenters. The smallest absolute Gasteiger partial charge is 0.242 e. The number of anilines is 1. The summed E-state index contributed by atoms with van der Waals surface area (Å²) in [4.78, 5) is 28.5. The summed E-state index contributed by atoms with van der Waals surface area (Å²) < 4.78 is 13.0. The number of nitrogens with one attached hydrogen (secondary N) is 2. The van der Waals surface area contributed by atoms with Crippen molar-refractivity contribution in [3.05, 3.63) is 30.1 Å². The van der Waals surface area contributed by atoms with Crippen molar-refractivity contribution in [3.8, 4) is 0 Å². The fourth-order valence-corrected chi connectivity index (χ4v) is 3.39. The molecule has 0 saturated carbocycles. The third kappa shape index (κ3) is 4.28. The van der Waals surface area contributed by atoms with E-state index < -0.39 is 6.04 Å². The normalized spacial score (nSPS) is 23.0. The van der Waals surface area contributed by atoms with Crippen LogP contribution in [0, 0.1) is 5.82 Å². The van der Waals surface area contributed by atoms with Crippen molar-refractivity contribution in [1.82, 2.24) is 15.5 Å². The Morgan fingerprint density at radius 3 is 2.56 bits per heavy atom. The molecule has 2 amide bonds. The van der Waals surface area contributed by atoms with Gasteiger partial charge in [0.1, 0.15) is 11.9 Å². The lowest BCUT2D eigenvalue weighted by atomic mass is 10.1. The highest BCUT2D eigenvalue weighted by molar-refractivity contribution is 5.89. The van der Waals surface area contributed by atoms with Crippen LogP contribution in [-0.2, 0) is 9.59 Å². The Balaban J connectivity index is 1.50. The Hall–Kier alpha value is -2.15. The molecule has 0 bridgehead atoms. The maximum absolute atomic E-state index is 13.0. The molecule has 2 saturated heterocycles. The number of carbonyl (C=O) groups is 2. The summed E-state index contributed by atoms with van der Waals surface area (Å²) in [6.45, 7) is 5.64. The summed E-state index contributed by atoms with van der Waals surface area (Å²) >= 11 is 0. The summed E-state index contributed by atoms with van der Waals surface area (Å²) in [5.41, 5.74) is 0.997. The quantitative estimate of drug-likeness (QED) is 0.842. The van der Waals surface area contributed by atoms with E-state index in [9.17, 15) is 14.0 Å². The molecule has 25 heavy (non-hydrogen) atoms. The lowest BCUT2D eigenvalue weighted by Crippen LogP contribution is -2.57. The van der Waals surface area contributed by atoms with Gasteiger partial charge in [0.25, 0.3) is 0 Å². The highest BCUT2D eigenvalue weighted by atomic mass is 19.1. The van der Waals surface area contributed by atoms with Crippen LogP contribution in [0.25, 0.3) is 0 Å². The first-order valence-corrected chi connectivity index (χ1v) is 8.87. The molecule has 7 heteroatoms. The summed E-state index contributed by atoms with van der Waals surface area (Å²) in [5.74, 6) is -0.426. The molecule has 2 N–H and O–H groups in total. The molecule has 2 aliphatic rings. The topological polar surface area (TPSA) is 64.7 Å². The molecule has 3 rings (SSSR count). The van der Waals surface area contributed by atoms with Gasteiger partial charge in [-0.2, -0.15) is 0 Å². The third-order valence-corrected chi connectivity index (χ3v) is 5.03. The number of halogens is 1. The zero-order chi connectivity index (χ0) is 17.8. The van der Waals surface area contributed by atoms with Gasteiger partial charge in [-0.15, -0.1) is 0 Å². The van der Waals surface area contributed by atoms with Crippen molar-refractivity contribution in [1.29, 1.82) is 0 Å². The SMILES string of the molecule is C[C@@H](C(=O)N[C@H]1CCCNC1=O)N1CCN(c2ccc(F)cc2)CC1. The molecule has 0 spiro atoms. The van der Waals surface area contributed by atoms with Gasteiger partial charge in [-0.05, 0) is 44.0 Å². The van der Waals surface area contributed by atoms with E-state index in [4.69, 9.17) is 0 Å². The molecule has 1 aromatic carbocycles. The first kappa shape index (κ1) is 17.7. The van der Waals surface area contributed by atoms with Crippen molar-refractivity contribution in [2.24, 2.45) is 0 Å². The van der Waals surface area contributed by atoms with E-state index >= 15 is 0 Å². The highest BCUT2D eigenvalue weighted by Gasteiger charge is 2.29. The summed E-state index contributed by atoms with van der Waals surface area (Å²) in [7, 11) is 0. The predicted octanol–water partition coefficient (Wildman–Crippen LogP) is 0.731. The van der Waals surface area contributed by atoms with Crippen LogP contribution >= 0.6 is 0 Å². The van der Waals surface area contributed by atoms with E-state index in [1.165, 1.54) is 12.1 Å². The highest BCUT2D eigenvalue weighted by Crippen LogP contribution is 2.18. The molecule has 0 radical (unpaired) electrons. The fourth-order valence-electron chi connectivity index (χ4n) is 3.39. The molecule has 6 nitrogen and oxygen atoms in total. The molecule has 1 aromatic rings. The van der Waals surface area contributed by atoms with Gasteiger partial charge in [0.2, 0.25) is 11.8 Å². The van der Waals surface area contributed by atoms with Crippen LogP contribution in [0.3, 0.4) is 0 Å². The van der Waals surface area contributed by atoms with Crippen LogP contribution in [0.1, 0.15) is 19.8 Å². The largest absolute Gasteiger partial charge is 0.369 e. The number of hydrogen-bond acceptors (Lipinski definition) is 4. The molecule has 136 valence electrons. The van der Waals surface area contributed by atoms with Gasteiger partial charge in [0, 0.05) is 38.4 Å². The van der Waals surface area contributed by atoms with Gasteiger partial charge in [-0.3, -0.25) is 14.5 Å². The van der Waals surface area contributed by atoms with Gasteiger partial charge in [0.05, 0.1) is 6.04 Å². The molecule has 2 atom stereocenters. The Labute approximate surface area is 147 Å². The molecular weight excluding hydrogens is 323 g/mol. The zero-order valence-electron chi connectivity index (χ0n) is 14.5. The van der Waals surface area contributed by atoms with Gasteiger partial charge in [-0.25, -0.2) is 4.39 Å². The predicted molar refractivity (Wildman–Crippen MR) is 93.8 cm³/mol. The number of nitrogens with zero attached hydrogens (tertiary/aromatic N) is 2. The molecule has 0 aromatic heterocycles. The minimum absolute atomic E-state index is 0.0899.